The molecular formula is C25H24ClN5O2S. The number of nitrogens with one attached hydrogen (secondary N) is 1. The number of thiol groups is 1. The van der Waals surface area contributed by atoms with Crippen molar-refractivity contribution in [2.75, 3.05) is 36.3 Å². The number of carbonyl (C=O) groups excluding carboxylic acids is 2. The average molecular weight is 494 g/mol. The van der Waals surface area contributed by atoms with Crippen LogP contribution in [0.2, 0.25) is 5.02 Å². The third-order valence-electron chi connectivity index (χ3n) is 5.50. The largest absolute Gasteiger partial charge is 0.378 e. The van der Waals surface area contributed by atoms with Gasteiger partial charge in [-0.2, -0.15) is 0 Å². The summed E-state index contributed by atoms with van der Waals surface area (Å²) in [5, 5.41) is 3.29. The van der Waals surface area contributed by atoms with Gasteiger partial charge in [-0.3, -0.25) is 4.79 Å². The number of fused-ring (bicyclic) bond motifs is 1. The quantitative estimate of drug-likeness (QED) is 0.507. The molecule has 7 nitrogen and oxygen atoms in total. The molecule has 174 valence electrons. The molecule has 3 amide bonds. The second-order valence-electron chi connectivity index (χ2n) is 7.99. The molecule has 9 heteroatoms. The van der Waals surface area contributed by atoms with Crippen molar-refractivity contribution in [2.45, 2.75) is 6.17 Å². The summed E-state index contributed by atoms with van der Waals surface area (Å²) in [5.74, 6) is -0.400. The molecule has 0 fully saturated rings. The monoisotopic (exact) mass is 493 g/mol. The van der Waals surface area contributed by atoms with E-state index in [-0.39, 0.29) is 0 Å². The van der Waals surface area contributed by atoms with Gasteiger partial charge in [0.15, 0.2) is 0 Å². The minimum Gasteiger partial charge on any atom is -0.378 e. The van der Waals surface area contributed by atoms with E-state index in [1.54, 1.807) is 37.4 Å². The van der Waals surface area contributed by atoms with Crippen molar-refractivity contribution in [2.24, 2.45) is 4.99 Å². The molecule has 0 aromatic heterocycles. The predicted molar refractivity (Wildman–Crippen MR) is 141 cm³/mol. The molecule has 1 heterocycles. The zero-order valence-electron chi connectivity index (χ0n) is 18.9. The van der Waals surface area contributed by atoms with Gasteiger partial charge >= 0.3 is 6.03 Å². The highest BCUT2D eigenvalue weighted by atomic mass is 35.5. The molecule has 3 aromatic rings. The molecule has 0 aliphatic carbocycles. The van der Waals surface area contributed by atoms with E-state index in [9.17, 15) is 9.59 Å². The maximum Gasteiger partial charge on any atom is 0.333 e. The molecule has 0 saturated heterocycles. The summed E-state index contributed by atoms with van der Waals surface area (Å²) >= 11 is 10.7. The standard InChI is InChI=1S/C25H24ClN5O2S/c1-29(2)19-12-10-18(11-13-19)27-25(33)31(34)23-24(32)30(3)21-14-9-17(26)15-20(21)22(28-23)16-7-5-4-6-8-16/h4-15,23,34H,1-3H3,(H,27,33). The van der Waals surface area contributed by atoms with Gasteiger partial charge in [0.25, 0.3) is 5.91 Å². The third kappa shape index (κ3) is 4.73. The topological polar surface area (TPSA) is 68.2 Å². The van der Waals surface area contributed by atoms with Crippen LogP contribution in [0.5, 0.6) is 0 Å². The maximum atomic E-state index is 13.4. The number of likely N-dealkylation sites (N-methyl/N-ethyl adjacent to an activating group) is 1. The lowest BCUT2D eigenvalue weighted by molar-refractivity contribution is -0.121. The predicted octanol–water partition coefficient (Wildman–Crippen LogP) is 4.92. The molecule has 34 heavy (non-hydrogen) atoms. The van der Waals surface area contributed by atoms with Crippen LogP contribution in [0.1, 0.15) is 11.1 Å². The number of carbonyl (C=O) groups is 2. The van der Waals surface area contributed by atoms with Crippen molar-refractivity contribution < 1.29 is 9.59 Å². The molecule has 4 rings (SSSR count). The van der Waals surface area contributed by atoms with E-state index in [0.717, 1.165) is 15.6 Å². The number of amides is 3. The fourth-order valence-electron chi connectivity index (χ4n) is 3.65. The summed E-state index contributed by atoms with van der Waals surface area (Å²) in [7, 11) is 5.51. The van der Waals surface area contributed by atoms with E-state index in [1.165, 1.54) is 4.90 Å². The molecular weight excluding hydrogens is 470 g/mol. The number of anilines is 3. The molecule has 0 saturated carbocycles. The van der Waals surface area contributed by atoms with Gasteiger partial charge in [0, 0.05) is 48.7 Å². The number of aliphatic imine (C=N–C) groups is 1. The second-order valence-corrected chi connectivity index (χ2v) is 8.86. The maximum absolute atomic E-state index is 13.4. The fourth-order valence-corrected chi connectivity index (χ4v) is 4.02. The SMILES string of the molecule is CN(C)c1ccc(NC(=O)N(S)C2N=C(c3ccccc3)c3cc(Cl)ccc3N(C)C2=O)cc1. The average Bonchev–Trinajstić information content (AvgIpc) is 2.94. The van der Waals surface area contributed by atoms with Gasteiger partial charge in [-0.1, -0.05) is 54.7 Å². The molecule has 0 bridgehead atoms. The van der Waals surface area contributed by atoms with Gasteiger partial charge in [0.05, 0.1) is 11.4 Å². The van der Waals surface area contributed by atoms with Crippen molar-refractivity contribution in [3.8, 4) is 0 Å². The van der Waals surface area contributed by atoms with Crippen molar-refractivity contribution >= 4 is 59.1 Å². The number of benzodiazepines with no additional fused rings is 1. The zero-order chi connectivity index (χ0) is 24.4. The fraction of sp³-hybridized carbons (Fsp3) is 0.160. The number of nitrogens with zero attached hydrogens (tertiary/aromatic N) is 4. The normalized spacial score (nSPS) is 15.2. The van der Waals surface area contributed by atoms with E-state index in [1.807, 2.05) is 61.5 Å². The van der Waals surface area contributed by atoms with E-state index < -0.39 is 18.1 Å². The molecule has 1 aliphatic heterocycles. The Bertz CT molecular complexity index is 1250. The minimum absolute atomic E-state index is 0.400. The van der Waals surface area contributed by atoms with E-state index in [4.69, 9.17) is 16.6 Å². The van der Waals surface area contributed by atoms with Crippen molar-refractivity contribution in [1.82, 2.24) is 4.31 Å². The van der Waals surface area contributed by atoms with Crippen molar-refractivity contribution in [3.05, 3.63) is 88.9 Å². The molecule has 0 spiro atoms. The smallest absolute Gasteiger partial charge is 0.333 e. The summed E-state index contributed by atoms with van der Waals surface area (Å²) in [5.41, 5.74) is 4.24. The van der Waals surface area contributed by atoms with E-state index >= 15 is 0 Å². The second kappa shape index (κ2) is 9.79. The first-order valence-electron chi connectivity index (χ1n) is 10.5. The number of halogens is 1. The highest BCUT2D eigenvalue weighted by Gasteiger charge is 2.35. The molecule has 1 aliphatic rings. The number of hydrogen-bond donors (Lipinski definition) is 2. The molecule has 1 atom stereocenters. The Hall–Kier alpha value is -3.49. The minimum atomic E-state index is -1.20. The Kier molecular flexibility index (Phi) is 6.81. The number of rotatable bonds is 4. The van der Waals surface area contributed by atoms with Crippen LogP contribution in [0.15, 0.2) is 77.8 Å². The summed E-state index contributed by atoms with van der Waals surface area (Å²) in [6, 6.07) is 21.5. The lowest BCUT2D eigenvalue weighted by atomic mass is 10.0. The van der Waals surface area contributed by atoms with Crippen LogP contribution in [0.4, 0.5) is 21.9 Å². The highest BCUT2D eigenvalue weighted by molar-refractivity contribution is 7.78. The van der Waals surface area contributed by atoms with Gasteiger partial charge in [-0.25, -0.2) is 14.1 Å². The van der Waals surface area contributed by atoms with Gasteiger partial charge in [-0.05, 0) is 42.5 Å². The number of benzene rings is 3. The Morgan fingerprint density at radius 1 is 1.06 bits per heavy atom. The third-order valence-corrected chi connectivity index (χ3v) is 6.14. The Morgan fingerprint density at radius 3 is 2.38 bits per heavy atom. The van der Waals surface area contributed by atoms with Crippen molar-refractivity contribution in [3.63, 3.8) is 0 Å². The van der Waals surface area contributed by atoms with Crippen LogP contribution in [-0.2, 0) is 4.79 Å². The zero-order valence-corrected chi connectivity index (χ0v) is 20.6. The van der Waals surface area contributed by atoms with E-state index in [2.05, 4.69) is 18.1 Å². The molecule has 0 radical (unpaired) electrons. The first-order chi connectivity index (χ1) is 16.3. The Balaban J connectivity index is 1.70. The first kappa shape index (κ1) is 23.7. The first-order valence-corrected chi connectivity index (χ1v) is 11.3. The van der Waals surface area contributed by atoms with E-state index in [0.29, 0.717) is 27.7 Å². The number of hydrogen-bond acceptors (Lipinski definition) is 5. The van der Waals surface area contributed by atoms with Crippen LogP contribution in [0, 0.1) is 0 Å². The molecule has 1 unspecified atom stereocenters. The summed E-state index contributed by atoms with van der Waals surface area (Å²) < 4.78 is 1.01. The van der Waals surface area contributed by atoms with Gasteiger partial charge in [0.1, 0.15) is 0 Å². The van der Waals surface area contributed by atoms with Gasteiger partial charge in [0.2, 0.25) is 6.17 Å². The summed E-state index contributed by atoms with van der Waals surface area (Å²) in [4.78, 5) is 34.6. The van der Waals surface area contributed by atoms with Gasteiger partial charge in [-0.15, -0.1) is 0 Å². The Labute approximate surface area is 209 Å². The summed E-state index contributed by atoms with van der Waals surface area (Å²) in [6.45, 7) is 0. The highest BCUT2D eigenvalue weighted by Crippen LogP contribution is 2.31. The molecule has 1 N–H and O–H groups in total. The lowest BCUT2D eigenvalue weighted by Crippen LogP contribution is -2.46. The van der Waals surface area contributed by atoms with Crippen LogP contribution >= 0.6 is 24.4 Å². The summed E-state index contributed by atoms with van der Waals surface area (Å²) in [6.07, 6.45) is -1.20. The van der Waals surface area contributed by atoms with Crippen LogP contribution < -0.4 is 15.1 Å². The van der Waals surface area contributed by atoms with Crippen LogP contribution in [0.3, 0.4) is 0 Å². The van der Waals surface area contributed by atoms with Crippen LogP contribution in [-0.4, -0.2) is 49.3 Å². The lowest BCUT2D eigenvalue weighted by Gasteiger charge is -2.26. The van der Waals surface area contributed by atoms with Gasteiger partial charge < -0.3 is 15.1 Å². The number of urea groups is 1. The van der Waals surface area contributed by atoms with Crippen molar-refractivity contribution in [1.29, 1.82) is 0 Å². The Morgan fingerprint density at radius 2 is 1.74 bits per heavy atom. The molecule has 3 aromatic carbocycles. The van der Waals surface area contributed by atoms with Crippen LogP contribution in [0.25, 0.3) is 0 Å².